The minimum Gasteiger partial charge on any atom is -0.313 e. The van der Waals surface area contributed by atoms with E-state index in [2.05, 4.69) is 46.3 Å². The molecule has 5 heteroatoms. The minimum absolute atomic E-state index is 0.0748. The van der Waals surface area contributed by atoms with Crippen LogP contribution in [0, 0.1) is 5.82 Å². The van der Waals surface area contributed by atoms with Crippen molar-refractivity contribution in [3.8, 4) is 0 Å². The first kappa shape index (κ1) is 16.2. The quantitative estimate of drug-likeness (QED) is 0.854. The highest BCUT2D eigenvalue weighted by Crippen LogP contribution is 2.26. The fraction of sp³-hybridized carbons (Fsp3) is 0.438. The highest BCUT2D eigenvalue weighted by Gasteiger charge is 2.18. The Hall–Kier alpha value is -1.20. The van der Waals surface area contributed by atoms with Gasteiger partial charge < -0.3 is 5.32 Å². The van der Waals surface area contributed by atoms with Crippen molar-refractivity contribution in [2.75, 3.05) is 7.05 Å². The topological polar surface area (TPSA) is 29.9 Å². The third kappa shape index (κ3) is 3.52. The van der Waals surface area contributed by atoms with Crippen LogP contribution < -0.4 is 5.32 Å². The van der Waals surface area contributed by atoms with Gasteiger partial charge >= 0.3 is 0 Å². The molecule has 1 aromatic carbocycles. The number of likely N-dealkylation sites (N-methyl/N-ethyl adjacent to an activating group) is 1. The van der Waals surface area contributed by atoms with Crippen molar-refractivity contribution in [3.05, 3.63) is 51.5 Å². The van der Waals surface area contributed by atoms with Gasteiger partial charge in [-0.05, 0) is 48.5 Å². The zero-order chi connectivity index (χ0) is 15.4. The average Bonchev–Trinajstić information content (AvgIpc) is 2.90. The summed E-state index contributed by atoms with van der Waals surface area (Å²) in [6.45, 7) is 4.99. The second-order valence-corrected chi connectivity index (χ2v) is 5.84. The molecule has 0 fully saturated rings. The maximum atomic E-state index is 14.3. The van der Waals surface area contributed by atoms with Gasteiger partial charge in [0.25, 0.3) is 0 Å². The predicted molar refractivity (Wildman–Crippen MR) is 86.9 cm³/mol. The molecule has 0 amide bonds. The molecule has 0 radical (unpaired) electrons. The lowest BCUT2D eigenvalue weighted by Crippen LogP contribution is -2.21. The Labute approximate surface area is 133 Å². The van der Waals surface area contributed by atoms with E-state index in [0.717, 1.165) is 24.4 Å². The summed E-state index contributed by atoms with van der Waals surface area (Å²) in [6, 6.07) is 7.45. The summed E-state index contributed by atoms with van der Waals surface area (Å²) in [6.07, 6.45) is 1.63. The van der Waals surface area contributed by atoms with Gasteiger partial charge in [0.05, 0.1) is 10.2 Å². The number of hydrogen-bond donors (Lipinski definition) is 1. The largest absolute Gasteiger partial charge is 0.313 e. The lowest BCUT2D eigenvalue weighted by molar-refractivity contribution is 0.508. The number of aryl methyl sites for hydroxylation is 2. The van der Waals surface area contributed by atoms with Crippen molar-refractivity contribution in [2.24, 2.45) is 0 Å². The summed E-state index contributed by atoms with van der Waals surface area (Å²) in [5.41, 5.74) is 2.89. The third-order valence-electron chi connectivity index (χ3n) is 3.69. The van der Waals surface area contributed by atoms with Crippen molar-refractivity contribution in [3.63, 3.8) is 0 Å². The molecule has 1 unspecified atom stereocenters. The molecule has 1 N–H and O–H groups in total. The lowest BCUT2D eigenvalue weighted by atomic mass is 10.0. The van der Waals surface area contributed by atoms with Gasteiger partial charge in [-0.15, -0.1) is 0 Å². The molecule has 0 aliphatic carbocycles. The van der Waals surface area contributed by atoms with Crippen molar-refractivity contribution < 1.29 is 4.39 Å². The van der Waals surface area contributed by atoms with Crippen LogP contribution in [0.2, 0.25) is 0 Å². The predicted octanol–water partition coefficient (Wildman–Crippen LogP) is 3.87. The third-order valence-corrected chi connectivity index (χ3v) is 4.31. The van der Waals surface area contributed by atoms with Crippen LogP contribution in [0.1, 0.15) is 36.8 Å². The van der Waals surface area contributed by atoms with E-state index in [4.69, 9.17) is 0 Å². The Morgan fingerprint density at radius 1 is 1.38 bits per heavy atom. The number of halogens is 2. The smallest absolute Gasteiger partial charge is 0.142 e. The van der Waals surface area contributed by atoms with Gasteiger partial charge in [0.2, 0.25) is 0 Å². The highest BCUT2D eigenvalue weighted by atomic mass is 79.9. The molecule has 3 nitrogen and oxygen atoms in total. The van der Waals surface area contributed by atoms with E-state index in [9.17, 15) is 4.39 Å². The first-order valence-corrected chi connectivity index (χ1v) is 8.06. The van der Waals surface area contributed by atoms with Crippen LogP contribution in [0.3, 0.4) is 0 Å². The van der Waals surface area contributed by atoms with Crippen molar-refractivity contribution in [2.45, 2.75) is 39.3 Å². The fourth-order valence-electron chi connectivity index (χ4n) is 2.49. The van der Waals surface area contributed by atoms with E-state index in [-0.39, 0.29) is 11.9 Å². The Bertz CT molecular complexity index is 610. The zero-order valence-corrected chi connectivity index (χ0v) is 14.2. The van der Waals surface area contributed by atoms with Crippen LogP contribution in [0.15, 0.2) is 28.7 Å². The molecule has 114 valence electrons. The first-order chi connectivity index (χ1) is 10.1. The lowest BCUT2D eigenvalue weighted by Gasteiger charge is -2.18. The summed E-state index contributed by atoms with van der Waals surface area (Å²) < 4.78 is 16.8. The second kappa shape index (κ2) is 7.18. The monoisotopic (exact) mass is 353 g/mol. The summed E-state index contributed by atoms with van der Waals surface area (Å²) in [5.74, 6) is -0.199. The molecule has 0 saturated carbocycles. The van der Waals surface area contributed by atoms with Crippen molar-refractivity contribution in [1.29, 1.82) is 0 Å². The number of nitrogens with one attached hydrogen (secondary N) is 1. The van der Waals surface area contributed by atoms with E-state index in [1.54, 1.807) is 6.07 Å². The molecule has 1 heterocycles. The van der Waals surface area contributed by atoms with Crippen LogP contribution in [-0.4, -0.2) is 16.8 Å². The van der Waals surface area contributed by atoms with Crippen molar-refractivity contribution in [1.82, 2.24) is 15.1 Å². The molecule has 21 heavy (non-hydrogen) atoms. The molecule has 1 aromatic heterocycles. The van der Waals surface area contributed by atoms with E-state index in [1.165, 1.54) is 0 Å². The van der Waals surface area contributed by atoms with E-state index >= 15 is 0 Å². The molecule has 0 saturated heterocycles. The first-order valence-electron chi connectivity index (χ1n) is 7.27. The SMILES string of the molecule is CCc1cc(CC(NC)c2cccc(Br)c2F)n(CC)n1. The van der Waals surface area contributed by atoms with E-state index in [1.807, 2.05) is 23.9 Å². The molecular formula is C16H21BrFN3. The fourth-order valence-corrected chi connectivity index (χ4v) is 2.87. The number of nitrogens with zero attached hydrogens (tertiary/aromatic N) is 2. The molecule has 0 spiro atoms. The highest BCUT2D eigenvalue weighted by molar-refractivity contribution is 9.10. The number of benzene rings is 1. The second-order valence-electron chi connectivity index (χ2n) is 4.98. The van der Waals surface area contributed by atoms with Gasteiger partial charge in [0, 0.05) is 30.3 Å². The Morgan fingerprint density at radius 3 is 2.76 bits per heavy atom. The summed E-state index contributed by atoms with van der Waals surface area (Å²) in [4.78, 5) is 0. The summed E-state index contributed by atoms with van der Waals surface area (Å²) >= 11 is 3.25. The maximum absolute atomic E-state index is 14.3. The van der Waals surface area contributed by atoms with Gasteiger partial charge in [-0.25, -0.2) is 4.39 Å². The zero-order valence-electron chi connectivity index (χ0n) is 12.7. The molecule has 2 aromatic rings. The number of aromatic nitrogens is 2. The van der Waals surface area contributed by atoms with Crippen molar-refractivity contribution >= 4 is 15.9 Å². The molecular weight excluding hydrogens is 333 g/mol. The average molecular weight is 354 g/mol. The molecule has 0 aliphatic heterocycles. The van der Waals surface area contributed by atoms with Crippen LogP contribution in [0.5, 0.6) is 0 Å². The Balaban J connectivity index is 2.31. The summed E-state index contributed by atoms with van der Waals surface area (Å²) in [5, 5.41) is 7.77. The van der Waals surface area contributed by atoms with E-state index < -0.39 is 0 Å². The van der Waals surface area contributed by atoms with E-state index in [0.29, 0.717) is 16.5 Å². The maximum Gasteiger partial charge on any atom is 0.142 e. The molecule has 2 rings (SSSR count). The Morgan fingerprint density at radius 2 is 2.14 bits per heavy atom. The number of rotatable bonds is 6. The summed E-state index contributed by atoms with van der Waals surface area (Å²) in [7, 11) is 1.86. The molecule has 1 atom stereocenters. The van der Waals surface area contributed by atoms with Crippen LogP contribution >= 0.6 is 15.9 Å². The van der Waals surface area contributed by atoms with Crippen LogP contribution in [-0.2, 0) is 19.4 Å². The van der Waals surface area contributed by atoms with Gasteiger partial charge in [-0.2, -0.15) is 5.10 Å². The van der Waals surface area contributed by atoms with Crippen LogP contribution in [0.25, 0.3) is 0 Å². The van der Waals surface area contributed by atoms with Crippen LogP contribution in [0.4, 0.5) is 4.39 Å². The van der Waals surface area contributed by atoms with Gasteiger partial charge in [0.1, 0.15) is 5.82 Å². The van der Waals surface area contributed by atoms with Gasteiger partial charge in [-0.3, -0.25) is 4.68 Å². The molecule has 0 aliphatic rings. The molecule has 0 bridgehead atoms. The Kier molecular flexibility index (Phi) is 5.53. The van der Waals surface area contributed by atoms with Gasteiger partial charge in [-0.1, -0.05) is 19.1 Å². The normalized spacial score (nSPS) is 12.6. The minimum atomic E-state index is -0.199. The number of hydrogen-bond acceptors (Lipinski definition) is 2. The standard InChI is InChI=1S/C16H21BrFN3/c1-4-11-9-12(21(5-2)20-11)10-15(19-3)13-7-6-8-14(17)16(13)18/h6-9,15,19H,4-5,10H2,1-3H3. The van der Waals surface area contributed by atoms with Gasteiger partial charge in [0.15, 0.2) is 0 Å².